The third-order valence-electron chi connectivity index (χ3n) is 6.07. The summed E-state index contributed by atoms with van der Waals surface area (Å²) in [6, 6.07) is 2.87. The van der Waals surface area contributed by atoms with Crippen molar-refractivity contribution in [3.63, 3.8) is 0 Å². The predicted molar refractivity (Wildman–Crippen MR) is 147 cm³/mol. The number of hydrogen-bond donors (Lipinski definition) is 3. The van der Waals surface area contributed by atoms with Crippen LogP contribution in [0, 0.1) is 13.8 Å². The van der Waals surface area contributed by atoms with Crippen LogP contribution in [0.2, 0.25) is 0 Å². The number of unbranched alkanes of at least 4 members (excludes halogenated alkanes) is 3. The highest BCUT2D eigenvalue weighted by Gasteiger charge is 2.37. The lowest BCUT2D eigenvalue weighted by Gasteiger charge is -2.35. The number of amides is 4. The van der Waals surface area contributed by atoms with Crippen LogP contribution in [0.3, 0.4) is 0 Å². The molecule has 0 aliphatic heterocycles. The maximum Gasteiger partial charge on any atom is 0.408 e. The zero-order valence-electron chi connectivity index (χ0n) is 24.2. The Hall–Kier alpha value is -3.63. The fourth-order valence-corrected chi connectivity index (χ4v) is 3.98. The molecule has 0 saturated carbocycles. The highest BCUT2D eigenvalue weighted by Crippen LogP contribution is 2.28. The van der Waals surface area contributed by atoms with Gasteiger partial charge in [0, 0.05) is 6.54 Å². The van der Waals surface area contributed by atoms with Gasteiger partial charge in [-0.2, -0.15) is 0 Å². The normalized spacial score (nSPS) is 12.6. The van der Waals surface area contributed by atoms with Crippen LogP contribution in [0.4, 0.5) is 4.79 Å². The Bertz CT molecular complexity index is 1020. The summed E-state index contributed by atoms with van der Waals surface area (Å²) in [5.74, 6) is -2.74. The number of primary amides is 1. The summed E-state index contributed by atoms with van der Waals surface area (Å²) in [7, 11) is 1.21. The van der Waals surface area contributed by atoms with Gasteiger partial charge in [-0.3, -0.25) is 19.2 Å². The van der Waals surface area contributed by atoms with Crippen LogP contribution >= 0.6 is 0 Å². The largest absolute Gasteiger partial charge is 0.468 e. The number of carbonyl (C=O) groups excluding carboxylic acids is 5. The lowest BCUT2D eigenvalue weighted by Crippen LogP contribution is -2.54. The van der Waals surface area contributed by atoms with E-state index in [-0.39, 0.29) is 6.54 Å². The summed E-state index contributed by atoms with van der Waals surface area (Å²) in [6.07, 6.45) is 1.85. The summed E-state index contributed by atoms with van der Waals surface area (Å²) >= 11 is 0. The number of nitrogens with zero attached hydrogens (tertiary/aromatic N) is 1. The number of rotatable bonds is 14. The molecule has 11 heteroatoms. The number of aryl methyl sites for hydroxylation is 1. The van der Waals surface area contributed by atoms with Gasteiger partial charge in [0.2, 0.25) is 17.7 Å². The predicted octanol–water partition coefficient (Wildman–Crippen LogP) is 2.81. The molecule has 0 aliphatic carbocycles. The molecule has 0 spiro atoms. The molecule has 218 valence electrons. The van der Waals surface area contributed by atoms with Crippen LogP contribution in [0.5, 0.6) is 0 Å². The van der Waals surface area contributed by atoms with E-state index < -0.39 is 60.4 Å². The summed E-state index contributed by atoms with van der Waals surface area (Å²) in [5, 5.41) is 5.01. The van der Waals surface area contributed by atoms with E-state index in [1.165, 1.54) is 12.0 Å². The fourth-order valence-electron chi connectivity index (χ4n) is 3.98. The first kappa shape index (κ1) is 33.4. The molecule has 0 bridgehead atoms. The van der Waals surface area contributed by atoms with Gasteiger partial charge in [0.25, 0.3) is 0 Å². The molecular weight excluding hydrogens is 504 g/mol. The molecule has 2 unspecified atom stereocenters. The molecule has 0 radical (unpaired) electrons. The van der Waals surface area contributed by atoms with E-state index in [2.05, 4.69) is 22.3 Å². The highest BCUT2D eigenvalue weighted by atomic mass is 16.6. The summed E-state index contributed by atoms with van der Waals surface area (Å²) in [5.41, 5.74) is 6.82. The molecule has 0 heterocycles. The molecule has 0 fully saturated rings. The van der Waals surface area contributed by atoms with Crippen molar-refractivity contribution in [1.29, 1.82) is 0 Å². The van der Waals surface area contributed by atoms with Crippen molar-refractivity contribution < 1.29 is 33.4 Å². The maximum atomic E-state index is 14.0. The molecule has 1 rings (SSSR count). The van der Waals surface area contributed by atoms with Crippen LogP contribution in [-0.2, 0) is 28.7 Å². The first-order chi connectivity index (χ1) is 18.2. The Morgan fingerprint density at radius 2 is 1.72 bits per heavy atom. The van der Waals surface area contributed by atoms with Gasteiger partial charge in [-0.15, -0.1) is 0 Å². The van der Waals surface area contributed by atoms with Crippen molar-refractivity contribution in [3.05, 3.63) is 34.9 Å². The summed E-state index contributed by atoms with van der Waals surface area (Å²) in [6.45, 7) is 10.5. The Morgan fingerprint density at radius 3 is 2.28 bits per heavy atom. The molecular formula is C28H44N4O7. The van der Waals surface area contributed by atoms with Gasteiger partial charge in [0.05, 0.1) is 13.5 Å². The van der Waals surface area contributed by atoms with E-state index in [1.54, 1.807) is 32.9 Å². The zero-order chi connectivity index (χ0) is 29.8. The Morgan fingerprint density at radius 1 is 1.05 bits per heavy atom. The molecule has 11 nitrogen and oxygen atoms in total. The topological polar surface area (TPSA) is 157 Å². The van der Waals surface area contributed by atoms with Crippen molar-refractivity contribution in [1.82, 2.24) is 15.5 Å². The molecule has 4 amide bonds. The Kier molecular flexibility index (Phi) is 13.4. The summed E-state index contributed by atoms with van der Waals surface area (Å²) in [4.78, 5) is 65.2. The van der Waals surface area contributed by atoms with Crippen LogP contribution < -0.4 is 16.4 Å². The number of carbonyl (C=O) groups is 5. The Labute approximate surface area is 231 Å². The highest BCUT2D eigenvalue weighted by molar-refractivity contribution is 5.95. The molecule has 1 aromatic rings. The first-order valence-electron chi connectivity index (χ1n) is 13.2. The monoisotopic (exact) mass is 548 g/mol. The smallest absolute Gasteiger partial charge is 0.408 e. The second kappa shape index (κ2) is 15.7. The number of alkyl carbamates (subject to hydrolysis) is 1. The molecule has 2 atom stereocenters. The second-order valence-electron chi connectivity index (χ2n) is 10.4. The molecule has 0 aliphatic rings. The van der Waals surface area contributed by atoms with E-state index in [1.807, 2.05) is 19.9 Å². The number of methoxy groups -OCH3 is 1. The molecule has 39 heavy (non-hydrogen) atoms. The van der Waals surface area contributed by atoms with Crippen LogP contribution in [-0.4, -0.2) is 66.5 Å². The maximum absolute atomic E-state index is 14.0. The average molecular weight is 549 g/mol. The Balaban J connectivity index is 3.58. The minimum atomic E-state index is -1.37. The van der Waals surface area contributed by atoms with E-state index in [4.69, 9.17) is 10.5 Å². The SMILES string of the molecule is CCCCCCN(C(=O)C(CC(N)=O)NC(=O)OC(C)(C)C)C(C(=O)NCC(=O)OC)c1cccc(C)c1C. The van der Waals surface area contributed by atoms with Gasteiger partial charge in [-0.25, -0.2) is 4.79 Å². The van der Waals surface area contributed by atoms with Crippen LogP contribution in [0.15, 0.2) is 18.2 Å². The van der Waals surface area contributed by atoms with Gasteiger partial charge in [0.1, 0.15) is 24.2 Å². The lowest BCUT2D eigenvalue weighted by molar-refractivity contribution is -0.145. The van der Waals surface area contributed by atoms with E-state index in [0.29, 0.717) is 12.0 Å². The van der Waals surface area contributed by atoms with Crippen molar-refractivity contribution in [2.45, 2.75) is 91.3 Å². The minimum Gasteiger partial charge on any atom is -0.468 e. The van der Waals surface area contributed by atoms with E-state index in [9.17, 15) is 24.0 Å². The molecule has 0 saturated heterocycles. The van der Waals surface area contributed by atoms with E-state index >= 15 is 0 Å². The average Bonchev–Trinajstić information content (AvgIpc) is 2.84. The van der Waals surface area contributed by atoms with Crippen molar-refractivity contribution in [3.8, 4) is 0 Å². The molecule has 0 aromatic heterocycles. The number of nitrogens with one attached hydrogen (secondary N) is 2. The van der Waals surface area contributed by atoms with Gasteiger partial charge < -0.3 is 30.7 Å². The number of benzene rings is 1. The molecule has 4 N–H and O–H groups in total. The quantitative estimate of drug-likeness (QED) is 0.238. The number of esters is 1. The standard InChI is InChI=1S/C28H44N4O7/c1-8-9-10-11-15-32(26(36)21(16-22(29)33)31-27(37)39-28(4,5)6)24(25(35)30-17-23(34)38-7)20-14-12-13-18(2)19(20)3/h12-14,21,24H,8-11,15-17H2,1-7H3,(H2,29,33)(H,30,35)(H,31,37). The lowest BCUT2D eigenvalue weighted by atomic mass is 9.94. The zero-order valence-corrected chi connectivity index (χ0v) is 24.2. The number of nitrogens with two attached hydrogens (primary N) is 1. The van der Waals surface area contributed by atoms with Crippen molar-refractivity contribution >= 4 is 29.8 Å². The van der Waals surface area contributed by atoms with Crippen LogP contribution in [0.1, 0.15) is 82.5 Å². The number of ether oxygens (including phenoxy) is 2. The fraction of sp³-hybridized carbons (Fsp3) is 0.607. The van der Waals surface area contributed by atoms with Gasteiger partial charge in [-0.05, 0) is 57.7 Å². The summed E-state index contributed by atoms with van der Waals surface area (Å²) < 4.78 is 9.94. The first-order valence-corrected chi connectivity index (χ1v) is 13.2. The minimum absolute atomic E-state index is 0.161. The van der Waals surface area contributed by atoms with Crippen molar-refractivity contribution in [2.75, 3.05) is 20.2 Å². The van der Waals surface area contributed by atoms with Gasteiger partial charge in [0.15, 0.2) is 0 Å². The van der Waals surface area contributed by atoms with Gasteiger partial charge >= 0.3 is 12.1 Å². The van der Waals surface area contributed by atoms with Gasteiger partial charge in [-0.1, -0.05) is 44.4 Å². The third kappa shape index (κ3) is 11.3. The van der Waals surface area contributed by atoms with Crippen molar-refractivity contribution in [2.24, 2.45) is 5.73 Å². The third-order valence-corrected chi connectivity index (χ3v) is 6.07. The number of hydrogen-bond acceptors (Lipinski definition) is 7. The second-order valence-corrected chi connectivity index (χ2v) is 10.4. The van der Waals surface area contributed by atoms with E-state index in [0.717, 1.165) is 30.4 Å². The van der Waals surface area contributed by atoms with Crippen LogP contribution in [0.25, 0.3) is 0 Å². The molecule has 1 aromatic carbocycles.